The summed E-state index contributed by atoms with van der Waals surface area (Å²) in [7, 11) is 0. The fraction of sp³-hybridized carbons (Fsp3) is 0.125. The molecule has 0 fully saturated rings. The van der Waals surface area contributed by atoms with Gasteiger partial charge in [-0.25, -0.2) is 15.0 Å². The molecule has 0 radical (unpaired) electrons. The van der Waals surface area contributed by atoms with E-state index in [1.54, 1.807) is 11.8 Å². The SMILES string of the molecule is Nc1nc2c(c3c1=NC=N3)SCC=2. The summed E-state index contributed by atoms with van der Waals surface area (Å²) < 4.78 is 0. The Morgan fingerprint density at radius 2 is 2.38 bits per heavy atom. The minimum atomic E-state index is 0.477. The predicted octanol–water partition coefficient (Wildman–Crippen LogP) is -0.157. The van der Waals surface area contributed by atoms with Crippen molar-refractivity contribution in [2.24, 2.45) is 9.98 Å². The molecule has 2 N–H and O–H groups in total. The molecular formula is C8H6N4S. The van der Waals surface area contributed by atoms with Gasteiger partial charge in [0, 0.05) is 5.75 Å². The average Bonchev–Trinajstić information content (AvgIpc) is 2.66. The molecule has 5 heteroatoms. The molecule has 3 heterocycles. The van der Waals surface area contributed by atoms with E-state index in [1.165, 1.54) is 6.34 Å². The molecule has 0 saturated heterocycles. The number of hydrogen-bond acceptors (Lipinski definition) is 5. The van der Waals surface area contributed by atoms with E-state index >= 15 is 0 Å². The van der Waals surface area contributed by atoms with Gasteiger partial charge < -0.3 is 5.73 Å². The Kier molecular flexibility index (Phi) is 1.26. The highest BCUT2D eigenvalue weighted by atomic mass is 32.2. The Hall–Kier alpha value is -1.36. The summed E-state index contributed by atoms with van der Waals surface area (Å²) in [4.78, 5) is 13.6. The first-order valence-electron chi connectivity index (χ1n) is 3.89. The Bertz CT molecular complexity index is 532. The summed E-state index contributed by atoms with van der Waals surface area (Å²) in [6, 6.07) is 0. The highest BCUT2D eigenvalue weighted by Crippen LogP contribution is 2.27. The maximum absolute atomic E-state index is 5.73. The molecule has 0 spiro atoms. The molecule has 2 aliphatic rings. The van der Waals surface area contributed by atoms with Crippen molar-refractivity contribution in [2.45, 2.75) is 4.90 Å². The second-order valence-electron chi connectivity index (χ2n) is 2.80. The zero-order chi connectivity index (χ0) is 8.84. The van der Waals surface area contributed by atoms with Crippen LogP contribution >= 0.6 is 11.8 Å². The van der Waals surface area contributed by atoms with E-state index in [2.05, 4.69) is 21.0 Å². The van der Waals surface area contributed by atoms with Crippen molar-refractivity contribution in [2.75, 3.05) is 11.5 Å². The molecule has 0 amide bonds. The number of thioether (sulfide) groups is 1. The van der Waals surface area contributed by atoms with Crippen LogP contribution in [-0.4, -0.2) is 17.1 Å². The largest absolute Gasteiger partial charge is 0.382 e. The van der Waals surface area contributed by atoms with Gasteiger partial charge in [0.25, 0.3) is 0 Å². The lowest BCUT2D eigenvalue weighted by Crippen LogP contribution is -2.19. The van der Waals surface area contributed by atoms with Gasteiger partial charge in [-0.2, -0.15) is 0 Å². The van der Waals surface area contributed by atoms with Crippen LogP contribution in [0.2, 0.25) is 0 Å². The monoisotopic (exact) mass is 190 g/mol. The zero-order valence-corrected chi connectivity index (χ0v) is 7.51. The molecule has 1 aromatic rings. The fourth-order valence-corrected chi connectivity index (χ4v) is 2.43. The highest BCUT2D eigenvalue weighted by Gasteiger charge is 2.16. The lowest BCUT2D eigenvalue weighted by Gasteiger charge is -1.99. The van der Waals surface area contributed by atoms with E-state index in [9.17, 15) is 0 Å². The molecule has 0 atom stereocenters. The molecule has 0 bridgehead atoms. The smallest absolute Gasteiger partial charge is 0.152 e. The third-order valence-corrected chi connectivity index (χ3v) is 3.06. The number of nitrogen functional groups attached to an aromatic ring is 1. The summed E-state index contributed by atoms with van der Waals surface area (Å²) in [5, 5.41) is 1.68. The van der Waals surface area contributed by atoms with E-state index in [-0.39, 0.29) is 0 Å². The van der Waals surface area contributed by atoms with Crippen molar-refractivity contribution >= 4 is 35.7 Å². The molecule has 2 aliphatic heterocycles. The molecular weight excluding hydrogens is 184 g/mol. The number of aromatic nitrogens is 1. The van der Waals surface area contributed by atoms with Gasteiger partial charge in [0.2, 0.25) is 0 Å². The van der Waals surface area contributed by atoms with Gasteiger partial charge in [-0.1, -0.05) is 0 Å². The molecule has 0 aromatic carbocycles. The van der Waals surface area contributed by atoms with Gasteiger partial charge in [-0.15, -0.1) is 11.8 Å². The van der Waals surface area contributed by atoms with Crippen LogP contribution in [0.3, 0.4) is 0 Å². The minimum Gasteiger partial charge on any atom is -0.382 e. The third kappa shape index (κ3) is 0.846. The van der Waals surface area contributed by atoms with Crippen molar-refractivity contribution in [1.82, 2.24) is 4.98 Å². The lowest BCUT2D eigenvalue weighted by molar-refractivity contribution is 1.14. The third-order valence-electron chi connectivity index (χ3n) is 2.03. The predicted molar refractivity (Wildman–Crippen MR) is 52.8 cm³/mol. The number of pyridine rings is 1. The van der Waals surface area contributed by atoms with Crippen molar-refractivity contribution < 1.29 is 0 Å². The summed E-state index contributed by atoms with van der Waals surface area (Å²) in [6.45, 7) is 0. The highest BCUT2D eigenvalue weighted by molar-refractivity contribution is 8.00. The fourth-order valence-electron chi connectivity index (χ4n) is 1.46. The quantitative estimate of drug-likeness (QED) is 0.618. The topological polar surface area (TPSA) is 63.6 Å². The normalized spacial score (nSPS) is 16.3. The summed E-state index contributed by atoms with van der Waals surface area (Å²) in [6.07, 6.45) is 3.59. The lowest BCUT2D eigenvalue weighted by atomic mass is 10.3. The van der Waals surface area contributed by atoms with E-state index in [0.29, 0.717) is 5.82 Å². The van der Waals surface area contributed by atoms with Crippen LogP contribution in [0, 0.1) is 0 Å². The van der Waals surface area contributed by atoms with Crippen LogP contribution < -0.4 is 16.4 Å². The van der Waals surface area contributed by atoms with Gasteiger partial charge in [0.05, 0.1) is 10.2 Å². The standard InChI is InChI=1S/C8H6N4S/c9-8-6-5(10-3-11-6)7-4(12-8)1-2-13-7/h1,3H,2H2,(H2,9,12). The van der Waals surface area contributed by atoms with Crippen LogP contribution in [0.25, 0.3) is 6.08 Å². The number of aliphatic imine (C=N–C) groups is 1. The van der Waals surface area contributed by atoms with Crippen molar-refractivity contribution in [3.05, 3.63) is 10.7 Å². The van der Waals surface area contributed by atoms with E-state index in [0.717, 1.165) is 27.0 Å². The van der Waals surface area contributed by atoms with Gasteiger partial charge in [0.15, 0.2) is 5.82 Å². The molecule has 4 nitrogen and oxygen atoms in total. The number of rotatable bonds is 0. The minimum absolute atomic E-state index is 0.477. The Labute approximate surface area is 78.3 Å². The second-order valence-corrected chi connectivity index (χ2v) is 3.83. The molecule has 0 saturated carbocycles. The van der Waals surface area contributed by atoms with Gasteiger partial charge in [-0.3, -0.25) is 0 Å². The van der Waals surface area contributed by atoms with Crippen molar-refractivity contribution in [1.29, 1.82) is 0 Å². The first-order valence-corrected chi connectivity index (χ1v) is 4.87. The van der Waals surface area contributed by atoms with Crippen LogP contribution in [0.1, 0.15) is 0 Å². The maximum Gasteiger partial charge on any atom is 0.152 e. The zero-order valence-electron chi connectivity index (χ0n) is 6.69. The van der Waals surface area contributed by atoms with Crippen LogP contribution in [0.4, 0.5) is 11.5 Å². The van der Waals surface area contributed by atoms with Gasteiger partial charge in [0.1, 0.15) is 17.4 Å². The molecule has 1 aromatic heterocycles. The molecule has 3 rings (SSSR count). The van der Waals surface area contributed by atoms with Crippen molar-refractivity contribution in [3.8, 4) is 0 Å². The van der Waals surface area contributed by atoms with Gasteiger partial charge >= 0.3 is 0 Å². The Balaban J connectivity index is 2.53. The first kappa shape index (κ1) is 7.08. The maximum atomic E-state index is 5.73. The molecule has 0 unspecified atom stereocenters. The Morgan fingerprint density at radius 1 is 1.46 bits per heavy atom. The van der Waals surface area contributed by atoms with E-state index in [1.807, 2.05) is 0 Å². The number of nitrogens with two attached hydrogens (primary N) is 1. The first-order chi connectivity index (χ1) is 6.36. The number of nitrogens with zero attached hydrogens (tertiary/aromatic N) is 3. The number of anilines is 1. The summed E-state index contributed by atoms with van der Waals surface area (Å²) >= 11 is 1.73. The summed E-state index contributed by atoms with van der Waals surface area (Å²) in [5.41, 5.74) is 6.62. The van der Waals surface area contributed by atoms with Crippen LogP contribution in [0.15, 0.2) is 14.9 Å². The molecule has 13 heavy (non-hydrogen) atoms. The molecule has 0 aliphatic carbocycles. The summed E-state index contributed by atoms with van der Waals surface area (Å²) in [5.74, 6) is 1.43. The van der Waals surface area contributed by atoms with E-state index in [4.69, 9.17) is 5.73 Å². The molecule has 64 valence electrons. The second kappa shape index (κ2) is 2.32. The van der Waals surface area contributed by atoms with Crippen LogP contribution in [-0.2, 0) is 0 Å². The number of hydrogen-bond donors (Lipinski definition) is 1. The van der Waals surface area contributed by atoms with E-state index < -0.39 is 0 Å². The van der Waals surface area contributed by atoms with Crippen LogP contribution in [0.5, 0.6) is 0 Å². The Morgan fingerprint density at radius 3 is 3.31 bits per heavy atom. The average molecular weight is 190 g/mol. The van der Waals surface area contributed by atoms with Gasteiger partial charge in [-0.05, 0) is 6.08 Å². The van der Waals surface area contributed by atoms with Crippen molar-refractivity contribution in [3.63, 3.8) is 0 Å². The number of fused-ring (bicyclic) bond motifs is 3.